The van der Waals surface area contributed by atoms with Crippen LogP contribution in [0.5, 0.6) is 5.75 Å². The Labute approximate surface area is 159 Å². The van der Waals surface area contributed by atoms with Crippen LogP contribution in [0, 0.1) is 5.92 Å². The molecule has 3 saturated heterocycles. The topological polar surface area (TPSA) is 76.1 Å². The molecule has 1 aliphatic carbocycles. The molecule has 146 valence electrons. The van der Waals surface area contributed by atoms with Gasteiger partial charge < -0.3 is 14.6 Å². The molecule has 1 aromatic rings. The standard InChI is InChI=1S/C21H27NO5/c1-26-19(24)15-4-5-17(23)16(12-15)21(8-2-3-9-21)20(25)27-18-13-22-10-6-14(18)7-11-22/h4-5,12,14,18,23H,2-3,6-11,13H2,1H3. The van der Waals surface area contributed by atoms with Crippen LogP contribution in [0.3, 0.4) is 0 Å². The molecule has 0 radical (unpaired) electrons. The molecule has 1 aromatic carbocycles. The Hall–Kier alpha value is -2.08. The second-order valence-corrected chi connectivity index (χ2v) is 8.09. The number of nitrogens with zero attached hydrogens (tertiary/aromatic N) is 1. The van der Waals surface area contributed by atoms with Crippen molar-refractivity contribution in [2.45, 2.75) is 50.0 Å². The van der Waals surface area contributed by atoms with Crippen molar-refractivity contribution < 1.29 is 24.2 Å². The van der Waals surface area contributed by atoms with Crippen LogP contribution < -0.4 is 0 Å². The lowest BCUT2D eigenvalue weighted by molar-refractivity contribution is -0.166. The zero-order valence-electron chi connectivity index (χ0n) is 15.8. The van der Waals surface area contributed by atoms with Crippen LogP contribution in [-0.4, -0.2) is 54.8 Å². The number of piperidine rings is 3. The van der Waals surface area contributed by atoms with E-state index in [1.807, 2.05) is 0 Å². The van der Waals surface area contributed by atoms with Gasteiger partial charge in [0.1, 0.15) is 11.9 Å². The van der Waals surface area contributed by atoms with Crippen LogP contribution in [0.1, 0.15) is 54.4 Å². The smallest absolute Gasteiger partial charge is 0.337 e. The van der Waals surface area contributed by atoms with E-state index < -0.39 is 11.4 Å². The van der Waals surface area contributed by atoms with Gasteiger partial charge in [-0.1, -0.05) is 12.8 Å². The van der Waals surface area contributed by atoms with Gasteiger partial charge in [0.05, 0.1) is 18.1 Å². The monoisotopic (exact) mass is 373 g/mol. The van der Waals surface area contributed by atoms with Gasteiger partial charge in [0.25, 0.3) is 0 Å². The van der Waals surface area contributed by atoms with Crippen LogP contribution in [0.15, 0.2) is 18.2 Å². The van der Waals surface area contributed by atoms with E-state index in [4.69, 9.17) is 9.47 Å². The normalized spacial score (nSPS) is 28.7. The minimum atomic E-state index is -0.875. The SMILES string of the molecule is COC(=O)c1ccc(O)c(C2(C(=O)OC3CN4CCC3CC4)CCCC2)c1. The number of esters is 2. The maximum Gasteiger partial charge on any atom is 0.337 e. The molecule has 4 aliphatic rings. The van der Waals surface area contributed by atoms with Crippen molar-refractivity contribution in [1.82, 2.24) is 4.90 Å². The van der Waals surface area contributed by atoms with Gasteiger partial charge in [0.2, 0.25) is 0 Å². The van der Waals surface area contributed by atoms with Crippen molar-refractivity contribution in [2.75, 3.05) is 26.7 Å². The average molecular weight is 373 g/mol. The van der Waals surface area contributed by atoms with E-state index in [0.29, 0.717) is 29.9 Å². The fourth-order valence-corrected chi connectivity index (χ4v) is 5.02. The molecule has 3 heterocycles. The van der Waals surface area contributed by atoms with Gasteiger partial charge >= 0.3 is 11.9 Å². The second-order valence-electron chi connectivity index (χ2n) is 8.09. The molecule has 1 unspecified atom stereocenters. The van der Waals surface area contributed by atoms with Gasteiger partial charge in [-0.2, -0.15) is 0 Å². The van der Waals surface area contributed by atoms with E-state index in [-0.39, 0.29) is 17.8 Å². The summed E-state index contributed by atoms with van der Waals surface area (Å²) in [4.78, 5) is 27.6. The van der Waals surface area contributed by atoms with Crippen LogP contribution in [0.4, 0.5) is 0 Å². The third kappa shape index (κ3) is 3.20. The first-order valence-corrected chi connectivity index (χ1v) is 9.89. The Morgan fingerprint density at radius 1 is 1.19 bits per heavy atom. The van der Waals surface area contributed by atoms with E-state index in [9.17, 15) is 14.7 Å². The number of phenolic OH excluding ortho intramolecular Hbond substituents is 1. The first kappa shape index (κ1) is 18.3. The fraction of sp³-hybridized carbons (Fsp3) is 0.619. The Morgan fingerprint density at radius 2 is 1.89 bits per heavy atom. The predicted molar refractivity (Wildman–Crippen MR) is 98.6 cm³/mol. The molecule has 2 bridgehead atoms. The number of hydrogen-bond acceptors (Lipinski definition) is 6. The summed E-state index contributed by atoms with van der Waals surface area (Å²) >= 11 is 0. The molecule has 5 rings (SSSR count). The Kier molecular flexibility index (Phi) is 4.84. The highest BCUT2D eigenvalue weighted by Crippen LogP contribution is 2.46. The number of hydrogen-bond donors (Lipinski definition) is 1. The zero-order valence-corrected chi connectivity index (χ0v) is 15.8. The first-order chi connectivity index (χ1) is 13.0. The molecule has 1 N–H and O–H groups in total. The lowest BCUT2D eigenvalue weighted by atomic mass is 9.77. The number of carbonyl (C=O) groups is 2. The van der Waals surface area contributed by atoms with E-state index in [0.717, 1.165) is 45.3 Å². The minimum Gasteiger partial charge on any atom is -0.508 e. The van der Waals surface area contributed by atoms with Crippen LogP contribution in [0.2, 0.25) is 0 Å². The number of carbonyl (C=O) groups excluding carboxylic acids is 2. The Morgan fingerprint density at radius 3 is 2.48 bits per heavy atom. The van der Waals surface area contributed by atoms with Gasteiger partial charge in [0, 0.05) is 12.1 Å². The van der Waals surface area contributed by atoms with Gasteiger partial charge in [-0.25, -0.2) is 4.79 Å². The molecule has 1 atom stereocenters. The van der Waals surface area contributed by atoms with E-state index >= 15 is 0 Å². The molecule has 6 heteroatoms. The Balaban J connectivity index is 1.63. The lowest BCUT2D eigenvalue weighted by Crippen LogP contribution is -2.53. The molecule has 0 amide bonds. The predicted octanol–water partition coefficient (Wildman–Crippen LogP) is 2.63. The van der Waals surface area contributed by atoms with Gasteiger partial charge in [-0.3, -0.25) is 9.69 Å². The van der Waals surface area contributed by atoms with Crippen molar-refractivity contribution in [3.8, 4) is 5.75 Å². The average Bonchev–Trinajstić information content (AvgIpc) is 3.19. The van der Waals surface area contributed by atoms with Crippen molar-refractivity contribution in [3.63, 3.8) is 0 Å². The molecule has 3 aliphatic heterocycles. The summed E-state index contributed by atoms with van der Waals surface area (Å²) in [6.45, 7) is 2.98. The van der Waals surface area contributed by atoms with Crippen LogP contribution in [0.25, 0.3) is 0 Å². The van der Waals surface area contributed by atoms with E-state index in [2.05, 4.69) is 4.90 Å². The maximum absolute atomic E-state index is 13.3. The molecular formula is C21H27NO5. The van der Waals surface area contributed by atoms with Gasteiger partial charge in [-0.05, 0) is 62.9 Å². The highest BCUT2D eigenvalue weighted by molar-refractivity contribution is 5.91. The van der Waals surface area contributed by atoms with Crippen molar-refractivity contribution in [2.24, 2.45) is 5.92 Å². The highest BCUT2D eigenvalue weighted by Gasteiger charge is 2.48. The van der Waals surface area contributed by atoms with Crippen molar-refractivity contribution in [3.05, 3.63) is 29.3 Å². The summed E-state index contributed by atoms with van der Waals surface area (Å²) in [5, 5.41) is 10.5. The highest BCUT2D eigenvalue weighted by atomic mass is 16.5. The summed E-state index contributed by atoms with van der Waals surface area (Å²) in [7, 11) is 1.32. The summed E-state index contributed by atoms with van der Waals surface area (Å²) in [5.41, 5.74) is -0.0402. The maximum atomic E-state index is 13.3. The largest absolute Gasteiger partial charge is 0.508 e. The van der Waals surface area contributed by atoms with E-state index in [1.165, 1.54) is 19.2 Å². The van der Waals surface area contributed by atoms with Gasteiger partial charge in [-0.15, -0.1) is 0 Å². The molecule has 0 spiro atoms. The van der Waals surface area contributed by atoms with Crippen molar-refractivity contribution >= 4 is 11.9 Å². The Bertz CT molecular complexity index is 732. The van der Waals surface area contributed by atoms with Crippen molar-refractivity contribution in [1.29, 1.82) is 0 Å². The third-order valence-corrected chi connectivity index (χ3v) is 6.64. The fourth-order valence-electron chi connectivity index (χ4n) is 5.02. The number of fused-ring (bicyclic) bond motifs is 3. The van der Waals surface area contributed by atoms with Crippen LogP contribution >= 0.6 is 0 Å². The summed E-state index contributed by atoms with van der Waals surface area (Å²) in [6, 6.07) is 4.60. The number of ether oxygens (including phenoxy) is 2. The molecule has 6 nitrogen and oxygen atoms in total. The van der Waals surface area contributed by atoms with Crippen LogP contribution in [-0.2, 0) is 19.7 Å². The molecule has 0 aromatic heterocycles. The quantitative estimate of drug-likeness (QED) is 0.818. The number of aromatic hydroxyl groups is 1. The number of rotatable bonds is 4. The first-order valence-electron chi connectivity index (χ1n) is 9.89. The minimum absolute atomic E-state index is 0.0374. The molecule has 27 heavy (non-hydrogen) atoms. The third-order valence-electron chi connectivity index (χ3n) is 6.64. The summed E-state index contributed by atoms with van der Waals surface area (Å²) < 4.78 is 10.8. The molecule has 4 fully saturated rings. The number of benzene rings is 1. The van der Waals surface area contributed by atoms with E-state index in [1.54, 1.807) is 6.07 Å². The second kappa shape index (κ2) is 7.15. The lowest BCUT2D eigenvalue weighted by Gasteiger charge is -2.45. The number of phenols is 1. The molecule has 1 saturated carbocycles. The molecular weight excluding hydrogens is 346 g/mol. The van der Waals surface area contributed by atoms with Gasteiger partial charge in [0.15, 0.2) is 0 Å². The summed E-state index contributed by atoms with van der Waals surface area (Å²) in [5.74, 6) is -0.256. The summed E-state index contributed by atoms with van der Waals surface area (Å²) in [6.07, 6.45) is 5.15. The zero-order chi connectivity index (χ0) is 19.0. The number of methoxy groups -OCH3 is 1.